The first kappa shape index (κ1) is 33.0. The molecule has 1 aliphatic rings. The first-order chi connectivity index (χ1) is 20.6. The topological polar surface area (TPSA) is 175 Å². The number of carbonyl (C=O) groups is 3. The second kappa shape index (κ2) is 15.7. The number of benzene rings is 2. The number of aliphatic hydroxyl groups excluding tert-OH is 1. The molecule has 2 aromatic carbocycles. The Balaban J connectivity index is 1.68. The van der Waals surface area contributed by atoms with Gasteiger partial charge in [-0.1, -0.05) is 6.07 Å². The van der Waals surface area contributed by atoms with Crippen LogP contribution in [0.3, 0.4) is 0 Å². The van der Waals surface area contributed by atoms with E-state index in [0.717, 1.165) is 0 Å². The van der Waals surface area contributed by atoms with Gasteiger partial charge in [-0.25, -0.2) is 14.4 Å². The largest absolute Gasteiger partial charge is 0.493 e. The van der Waals surface area contributed by atoms with Gasteiger partial charge in [-0.2, -0.15) is 5.10 Å². The molecular formula is C28H33BrN4O10. The zero-order valence-electron chi connectivity index (χ0n) is 24.2. The Morgan fingerprint density at radius 2 is 1.81 bits per heavy atom. The van der Waals surface area contributed by atoms with Crippen molar-refractivity contribution in [2.24, 2.45) is 5.10 Å². The van der Waals surface area contributed by atoms with E-state index in [1.807, 2.05) is 0 Å². The molecule has 2 atom stereocenters. The Labute approximate surface area is 256 Å². The van der Waals surface area contributed by atoms with Crippen molar-refractivity contribution in [2.75, 3.05) is 41.2 Å². The van der Waals surface area contributed by atoms with Gasteiger partial charge in [0.25, 0.3) is 0 Å². The van der Waals surface area contributed by atoms with Crippen LogP contribution in [0.15, 0.2) is 51.2 Å². The molecule has 4 N–H and O–H groups in total. The molecule has 0 radical (unpaired) electrons. The number of hydrogen-bond acceptors (Lipinski definition) is 12. The summed E-state index contributed by atoms with van der Waals surface area (Å²) in [6, 6.07) is 6.94. The molecule has 0 saturated carbocycles. The number of urea groups is 1. The number of hydrogen-bond donors (Lipinski definition) is 4. The van der Waals surface area contributed by atoms with Crippen molar-refractivity contribution in [1.29, 1.82) is 0 Å². The molecule has 0 fully saturated rings. The summed E-state index contributed by atoms with van der Waals surface area (Å²) in [7, 11) is 3.98. The lowest BCUT2D eigenvalue weighted by Crippen LogP contribution is -2.45. The number of nitrogens with zero attached hydrogens (tertiary/aromatic N) is 1. The van der Waals surface area contributed by atoms with Crippen LogP contribution in [0.4, 0.5) is 4.79 Å². The van der Waals surface area contributed by atoms with Crippen LogP contribution in [-0.2, 0) is 19.1 Å². The summed E-state index contributed by atoms with van der Waals surface area (Å²) in [5.41, 5.74) is 4.36. The predicted octanol–water partition coefficient (Wildman–Crippen LogP) is 2.53. The maximum absolute atomic E-state index is 12.4. The van der Waals surface area contributed by atoms with E-state index in [1.54, 1.807) is 44.2 Å². The number of rotatable bonds is 14. The number of allylic oxidation sites excluding steroid dienone is 1. The van der Waals surface area contributed by atoms with Crippen LogP contribution in [0.2, 0.25) is 0 Å². The molecule has 14 nitrogen and oxygen atoms in total. The number of aliphatic hydroxyl groups is 1. The SMILES string of the molecule is CCOc1cc([C@H]2NC(=O)NC(C)=C2C(=O)OC)ccc1OC[C@@H](O)N/N=C\c1cc(OC)c(OCC(=O)OC)cc1Br. The van der Waals surface area contributed by atoms with Gasteiger partial charge in [-0.3, -0.25) is 5.43 Å². The van der Waals surface area contributed by atoms with Crippen LogP contribution in [0.1, 0.15) is 31.0 Å². The van der Waals surface area contributed by atoms with Crippen molar-refractivity contribution in [3.05, 3.63) is 57.2 Å². The van der Waals surface area contributed by atoms with E-state index in [1.165, 1.54) is 27.5 Å². The van der Waals surface area contributed by atoms with Gasteiger partial charge in [0.15, 0.2) is 35.8 Å². The number of esters is 2. The maximum atomic E-state index is 12.4. The van der Waals surface area contributed by atoms with Gasteiger partial charge in [0.2, 0.25) is 0 Å². The molecule has 0 bridgehead atoms. The Bertz CT molecular complexity index is 1400. The van der Waals surface area contributed by atoms with Crippen molar-refractivity contribution in [2.45, 2.75) is 26.1 Å². The fraction of sp³-hybridized carbons (Fsp3) is 0.357. The first-order valence-electron chi connectivity index (χ1n) is 12.9. The zero-order valence-corrected chi connectivity index (χ0v) is 25.8. The van der Waals surface area contributed by atoms with Crippen molar-refractivity contribution in [1.82, 2.24) is 16.1 Å². The van der Waals surface area contributed by atoms with Gasteiger partial charge in [-0.15, -0.1) is 0 Å². The van der Waals surface area contributed by atoms with Crippen LogP contribution in [0.25, 0.3) is 0 Å². The molecule has 0 unspecified atom stereocenters. The molecule has 0 aromatic heterocycles. The number of ether oxygens (including phenoxy) is 6. The van der Waals surface area contributed by atoms with Gasteiger partial charge in [0.05, 0.1) is 45.8 Å². The van der Waals surface area contributed by atoms with E-state index in [2.05, 4.69) is 41.8 Å². The third kappa shape index (κ3) is 8.75. The lowest BCUT2D eigenvalue weighted by atomic mass is 9.95. The fourth-order valence-corrected chi connectivity index (χ4v) is 4.36. The minimum atomic E-state index is -1.20. The summed E-state index contributed by atoms with van der Waals surface area (Å²) >= 11 is 3.42. The van der Waals surface area contributed by atoms with Crippen LogP contribution < -0.4 is 35.0 Å². The van der Waals surface area contributed by atoms with Crippen molar-refractivity contribution < 1.29 is 47.9 Å². The smallest absolute Gasteiger partial charge is 0.343 e. The second-order valence-corrected chi connectivity index (χ2v) is 9.66. The molecule has 2 amide bonds. The predicted molar refractivity (Wildman–Crippen MR) is 157 cm³/mol. The monoisotopic (exact) mass is 664 g/mol. The van der Waals surface area contributed by atoms with Crippen molar-refractivity contribution >= 4 is 40.1 Å². The number of amides is 2. The summed E-state index contributed by atoms with van der Waals surface area (Å²) in [6.45, 7) is 3.24. The summed E-state index contributed by atoms with van der Waals surface area (Å²) < 4.78 is 32.3. The van der Waals surface area contributed by atoms with Gasteiger partial charge in [0.1, 0.15) is 6.61 Å². The fourth-order valence-electron chi connectivity index (χ4n) is 3.93. The van der Waals surface area contributed by atoms with Crippen molar-refractivity contribution in [3.8, 4) is 23.0 Å². The van der Waals surface area contributed by atoms with E-state index in [4.69, 9.17) is 23.7 Å². The highest BCUT2D eigenvalue weighted by Crippen LogP contribution is 2.35. The molecule has 15 heteroatoms. The third-order valence-corrected chi connectivity index (χ3v) is 6.64. The quantitative estimate of drug-likeness (QED) is 0.101. The minimum absolute atomic E-state index is 0.196. The normalized spacial score (nSPS) is 15.2. The highest BCUT2D eigenvalue weighted by atomic mass is 79.9. The molecule has 0 aliphatic carbocycles. The average Bonchev–Trinajstić information content (AvgIpc) is 2.99. The summed E-state index contributed by atoms with van der Waals surface area (Å²) in [5, 5.41) is 19.8. The zero-order chi connectivity index (χ0) is 31.5. The van der Waals surface area contributed by atoms with Crippen LogP contribution >= 0.6 is 15.9 Å². The summed E-state index contributed by atoms with van der Waals surface area (Å²) in [4.78, 5) is 35.9. The van der Waals surface area contributed by atoms with Crippen LogP contribution in [0.5, 0.6) is 23.0 Å². The highest BCUT2D eigenvalue weighted by Gasteiger charge is 2.32. The number of halogens is 1. The molecule has 232 valence electrons. The first-order valence-corrected chi connectivity index (χ1v) is 13.7. The molecule has 2 aromatic rings. The lowest BCUT2D eigenvalue weighted by Gasteiger charge is -2.28. The highest BCUT2D eigenvalue weighted by molar-refractivity contribution is 9.10. The third-order valence-electron chi connectivity index (χ3n) is 5.96. The Kier molecular flexibility index (Phi) is 12.0. The van der Waals surface area contributed by atoms with E-state index in [0.29, 0.717) is 50.9 Å². The number of carbonyl (C=O) groups excluding carboxylic acids is 3. The number of nitrogens with one attached hydrogen (secondary N) is 3. The standard InChI is InChI=1S/C28H33BrN4O10/c1-6-41-21-9-16(26-25(27(36)40-5)15(2)31-28(37)32-26)7-8-19(21)42-13-23(34)33-30-12-17-10-20(38-3)22(11-18(17)29)43-14-24(35)39-4/h7-12,23,26,33-34H,6,13-14H2,1-5H3,(H2,31,32,37)/b30-12-/t23-,26-/m1/s1. The molecule has 1 aliphatic heterocycles. The Morgan fingerprint density at radius 3 is 2.49 bits per heavy atom. The van der Waals surface area contributed by atoms with Crippen LogP contribution in [0, 0.1) is 0 Å². The van der Waals surface area contributed by atoms with Crippen molar-refractivity contribution in [3.63, 3.8) is 0 Å². The van der Waals surface area contributed by atoms with Gasteiger partial charge in [-0.05, 0) is 59.6 Å². The molecule has 0 spiro atoms. The van der Waals surface area contributed by atoms with E-state index >= 15 is 0 Å². The Morgan fingerprint density at radius 1 is 1.07 bits per heavy atom. The number of methoxy groups -OCH3 is 3. The van der Waals surface area contributed by atoms with E-state index in [-0.39, 0.29) is 18.8 Å². The average molecular weight is 665 g/mol. The van der Waals surface area contributed by atoms with E-state index < -0.39 is 30.2 Å². The van der Waals surface area contributed by atoms with Gasteiger partial charge >= 0.3 is 18.0 Å². The summed E-state index contributed by atoms with van der Waals surface area (Å²) in [5.74, 6) is 0.226. The molecule has 1 heterocycles. The molecular weight excluding hydrogens is 632 g/mol. The maximum Gasteiger partial charge on any atom is 0.343 e. The molecule has 3 rings (SSSR count). The van der Waals surface area contributed by atoms with Gasteiger partial charge in [0, 0.05) is 15.7 Å². The van der Waals surface area contributed by atoms with E-state index in [9.17, 15) is 19.5 Å². The second-order valence-electron chi connectivity index (χ2n) is 8.80. The molecule has 0 saturated heterocycles. The van der Waals surface area contributed by atoms with Crippen LogP contribution in [-0.4, -0.2) is 76.7 Å². The van der Waals surface area contributed by atoms with Gasteiger partial charge < -0.3 is 44.2 Å². The lowest BCUT2D eigenvalue weighted by molar-refractivity contribution is -0.143. The number of hydrazone groups is 1. The minimum Gasteiger partial charge on any atom is -0.493 e. The Hall–Kier alpha value is -4.50. The molecule has 43 heavy (non-hydrogen) atoms. The summed E-state index contributed by atoms with van der Waals surface area (Å²) in [6.07, 6.45) is 0.246.